The van der Waals surface area contributed by atoms with Gasteiger partial charge in [0.2, 0.25) is 11.6 Å². The van der Waals surface area contributed by atoms with Gasteiger partial charge < -0.3 is 5.11 Å². The lowest BCUT2D eigenvalue weighted by Gasteiger charge is -2.32. The van der Waals surface area contributed by atoms with E-state index in [1.165, 1.54) is 0 Å². The predicted octanol–water partition coefficient (Wildman–Crippen LogP) is 4.06. The Kier molecular flexibility index (Phi) is 3.96. The Labute approximate surface area is 126 Å². The molecule has 0 spiro atoms. The minimum absolute atomic E-state index is 0.00567. The Hall–Kier alpha value is -1.64. The summed E-state index contributed by atoms with van der Waals surface area (Å²) in [5.41, 5.74) is 2.26. The van der Waals surface area contributed by atoms with Gasteiger partial charge in [-0.25, -0.2) is 0 Å². The standard InChI is InChI=1S/C18H24O3/c1-10(2)13-15(19)11(3)14(17(21)16(13)20)12-7-6-8-18(4,5)9-12/h7,10,19H,6,8-9H2,1-5H3. The Balaban J connectivity index is 2.55. The molecule has 0 saturated carbocycles. The molecule has 2 aliphatic carbocycles. The van der Waals surface area contributed by atoms with Gasteiger partial charge in [-0.15, -0.1) is 0 Å². The van der Waals surface area contributed by atoms with Gasteiger partial charge in [-0.05, 0) is 43.1 Å². The number of hydrogen-bond acceptors (Lipinski definition) is 3. The lowest BCUT2D eigenvalue weighted by molar-refractivity contribution is -0.132. The number of rotatable bonds is 2. The van der Waals surface area contributed by atoms with Crippen molar-refractivity contribution in [2.75, 3.05) is 0 Å². The molecule has 0 aliphatic heterocycles. The maximum absolute atomic E-state index is 12.5. The number of carbonyl (C=O) groups is 2. The summed E-state index contributed by atoms with van der Waals surface area (Å²) in [5, 5.41) is 10.3. The minimum Gasteiger partial charge on any atom is -0.507 e. The highest BCUT2D eigenvalue weighted by molar-refractivity contribution is 6.51. The van der Waals surface area contributed by atoms with E-state index in [-0.39, 0.29) is 22.7 Å². The van der Waals surface area contributed by atoms with Crippen LogP contribution >= 0.6 is 0 Å². The van der Waals surface area contributed by atoms with Crippen molar-refractivity contribution in [1.82, 2.24) is 0 Å². The number of aliphatic hydroxyl groups excluding tert-OH is 1. The van der Waals surface area contributed by atoms with Gasteiger partial charge in [0.25, 0.3) is 0 Å². The summed E-state index contributed by atoms with van der Waals surface area (Å²) < 4.78 is 0. The molecule has 2 rings (SSSR count). The fourth-order valence-electron chi connectivity index (χ4n) is 3.26. The molecule has 0 aromatic rings. The van der Waals surface area contributed by atoms with Crippen LogP contribution in [0.5, 0.6) is 0 Å². The van der Waals surface area contributed by atoms with Crippen LogP contribution in [-0.2, 0) is 9.59 Å². The van der Waals surface area contributed by atoms with Crippen LogP contribution in [0.15, 0.2) is 34.1 Å². The van der Waals surface area contributed by atoms with Crippen molar-refractivity contribution in [2.24, 2.45) is 11.3 Å². The third-order valence-electron chi connectivity index (χ3n) is 4.44. The number of hydrogen-bond donors (Lipinski definition) is 1. The lowest BCUT2D eigenvalue weighted by atomic mass is 9.72. The quantitative estimate of drug-likeness (QED) is 0.616. The highest BCUT2D eigenvalue weighted by atomic mass is 16.3. The van der Waals surface area contributed by atoms with Crippen LogP contribution < -0.4 is 0 Å². The van der Waals surface area contributed by atoms with E-state index in [9.17, 15) is 14.7 Å². The Morgan fingerprint density at radius 3 is 2.33 bits per heavy atom. The fourth-order valence-corrected chi connectivity index (χ4v) is 3.26. The van der Waals surface area contributed by atoms with E-state index in [1.54, 1.807) is 6.92 Å². The molecule has 3 nitrogen and oxygen atoms in total. The van der Waals surface area contributed by atoms with Crippen LogP contribution in [0.3, 0.4) is 0 Å². The molecule has 3 heteroatoms. The number of allylic oxidation sites excluding steroid dienone is 5. The van der Waals surface area contributed by atoms with Crippen molar-refractivity contribution in [3.63, 3.8) is 0 Å². The van der Waals surface area contributed by atoms with E-state index in [0.717, 1.165) is 24.8 Å². The molecule has 114 valence electrons. The second kappa shape index (κ2) is 5.28. The third-order valence-corrected chi connectivity index (χ3v) is 4.44. The summed E-state index contributed by atoms with van der Waals surface area (Å²) in [7, 11) is 0. The van der Waals surface area contributed by atoms with Gasteiger partial charge in [0, 0.05) is 16.7 Å². The van der Waals surface area contributed by atoms with Gasteiger partial charge in [-0.1, -0.05) is 33.8 Å². The van der Waals surface area contributed by atoms with E-state index < -0.39 is 11.6 Å². The van der Waals surface area contributed by atoms with Gasteiger partial charge in [-0.2, -0.15) is 0 Å². The third kappa shape index (κ3) is 2.74. The van der Waals surface area contributed by atoms with Crippen molar-refractivity contribution in [2.45, 2.75) is 53.9 Å². The molecular weight excluding hydrogens is 264 g/mol. The summed E-state index contributed by atoms with van der Waals surface area (Å²) in [4.78, 5) is 24.8. The van der Waals surface area contributed by atoms with Gasteiger partial charge in [0.1, 0.15) is 5.76 Å². The monoisotopic (exact) mass is 288 g/mol. The van der Waals surface area contributed by atoms with Crippen molar-refractivity contribution < 1.29 is 14.7 Å². The molecule has 0 saturated heterocycles. The normalized spacial score (nSPS) is 23.0. The van der Waals surface area contributed by atoms with E-state index in [1.807, 2.05) is 19.9 Å². The molecule has 0 bridgehead atoms. The van der Waals surface area contributed by atoms with Crippen LogP contribution in [-0.4, -0.2) is 16.7 Å². The summed E-state index contributed by atoms with van der Waals surface area (Å²) in [6.45, 7) is 9.70. The zero-order valence-electron chi connectivity index (χ0n) is 13.5. The second-order valence-corrected chi connectivity index (χ2v) is 7.18. The zero-order chi connectivity index (χ0) is 15.9. The fraction of sp³-hybridized carbons (Fsp3) is 0.556. The molecule has 0 amide bonds. The molecule has 21 heavy (non-hydrogen) atoms. The average Bonchev–Trinajstić information content (AvgIpc) is 2.35. The summed E-state index contributed by atoms with van der Waals surface area (Å²) >= 11 is 0. The first-order chi connectivity index (χ1) is 9.65. The predicted molar refractivity (Wildman–Crippen MR) is 82.9 cm³/mol. The van der Waals surface area contributed by atoms with Crippen LogP contribution in [0, 0.1) is 11.3 Å². The lowest BCUT2D eigenvalue weighted by Crippen LogP contribution is -2.30. The number of Topliss-reactive ketones (excluding diaryl/α,β-unsaturated/α-hetero) is 2. The van der Waals surface area contributed by atoms with Gasteiger partial charge in [0.15, 0.2) is 0 Å². The van der Waals surface area contributed by atoms with Crippen LogP contribution in [0.25, 0.3) is 0 Å². The van der Waals surface area contributed by atoms with Crippen LogP contribution in [0.2, 0.25) is 0 Å². The average molecular weight is 288 g/mol. The molecule has 0 unspecified atom stereocenters. The molecule has 0 aromatic carbocycles. The highest BCUT2D eigenvalue weighted by Gasteiger charge is 2.37. The maximum Gasteiger partial charge on any atom is 0.234 e. The first kappa shape index (κ1) is 15.7. The Bertz CT molecular complexity index is 598. The first-order valence-corrected chi connectivity index (χ1v) is 7.58. The number of carbonyl (C=O) groups excluding carboxylic acids is 2. The van der Waals surface area contributed by atoms with Gasteiger partial charge in [-0.3, -0.25) is 9.59 Å². The maximum atomic E-state index is 12.5. The molecule has 1 N–H and O–H groups in total. The molecule has 0 fully saturated rings. The van der Waals surface area contributed by atoms with Crippen LogP contribution in [0.4, 0.5) is 0 Å². The SMILES string of the molecule is CC1=C(C2=CCCC(C)(C)C2)C(=O)C(=O)C(C(C)C)=C1O. The van der Waals surface area contributed by atoms with Crippen LogP contribution in [0.1, 0.15) is 53.9 Å². The second-order valence-electron chi connectivity index (χ2n) is 7.18. The number of aliphatic hydroxyl groups is 1. The molecule has 0 atom stereocenters. The van der Waals surface area contributed by atoms with E-state index in [0.29, 0.717) is 11.1 Å². The number of ketones is 2. The van der Waals surface area contributed by atoms with Crippen molar-refractivity contribution in [3.05, 3.63) is 34.1 Å². The minimum atomic E-state index is -0.549. The van der Waals surface area contributed by atoms with E-state index in [2.05, 4.69) is 13.8 Å². The summed E-state index contributed by atoms with van der Waals surface area (Å²) in [5.74, 6) is -1.17. The zero-order valence-corrected chi connectivity index (χ0v) is 13.5. The highest BCUT2D eigenvalue weighted by Crippen LogP contribution is 2.41. The molecular formula is C18H24O3. The van der Waals surface area contributed by atoms with Crippen molar-refractivity contribution in [3.8, 4) is 0 Å². The van der Waals surface area contributed by atoms with Gasteiger partial charge >= 0.3 is 0 Å². The first-order valence-electron chi connectivity index (χ1n) is 7.58. The topological polar surface area (TPSA) is 54.4 Å². The van der Waals surface area contributed by atoms with Gasteiger partial charge in [0.05, 0.1) is 0 Å². The summed E-state index contributed by atoms with van der Waals surface area (Å²) in [6, 6.07) is 0. The van der Waals surface area contributed by atoms with E-state index >= 15 is 0 Å². The Morgan fingerprint density at radius 2 is 1.81 bits per heavy atom. The van der Waals surface area contributed by atoms with E-state index in [4.69, 9.17) is 0 Å². The largest absolute Gasteiger partial charge is 0.507 e. The molecule has 0 heterocycles. The molecule has 0 radical (unpaired) electrons. The summed E-state index contributed by atoms with van der Waals surface area (Å²) in [6.07, 6.45) is 4.79. The van der Waals surface area contributed by atoms with Crippen molar-refractivity contribution >= 4 is 11.6 Å². The molecule has 2 aliphatic rings. The van der Waals surface area contributed by atoms with Crippen molar-refractivity contribution in [1.29, 1.82) is 0 Å². The smallest absolute Gasteiger partial charge is 0.234 e. The molecule has 0 aromatic heterocycles. The Morgan fingerprint density at radius 1 is 1.19 bits per heavy atom.